The normalized spacial score (nSPS) is 19.0. The zero-order valence-corrected chi connectivity index (χ0v) is 22.3. The Kier molecular flexibility index (Phi) is 6.85. The third-order valence-corrected chi connectivity index (χ3v) is 8.15. The zero-order chi connectivity index (χ0) is 27.0. The third kappa shape index (κ3) is 5.15. The summed E-state index contributed by atoms with van der Waals surface area (Å²) in [6.45, 7) is 6.40. The van der Waals surface area contributed by atoms with Crippen LogP contribution in [0.5, 0.6) is 0 Å². The summed E-state index contributed by atoms with van der Waals surface area (Å²) in [5, 5.41) is 11.4. The molecule has 2 fully saturated rings. The fourth-order valence-electron chi connectivity index (χ4n) is 5.52. The number of aromatic nitrogens is 4. The number of piperidine rings is 1. The molecule has 39 heavy (non-hydrogen) atoms. The minimum Gasteiger partial charge on any atom is -0.366 e. The van der Waals surface area contributed by atoms with Gasteiger partial charge in [0.15, 0.2) is 5.82 Å². The molecule has 4 aromatic rings. The molecular weight excluding hydrogens is 496 g/mol. The summed E-state index contributed by atoms with van der Waals surface area (Å²) in [4.78, 5) is 18.9. The summed E-state index contributed by atoms with van der Waals surface area (Å²) in [5.74, 6) is 1.15. The van der Waals surface area contributed by atoms with Crippen LogP contribution in [0.15, 0.2) is 48.9 Å². The van der Waals surface area contributed by atoms with Crippen LogP contribution in [-0.2, 0) is 6.54 Å². The predicted octanol–water partition coefficient (Wildman–Crippen LogP) is 6.04. The maximum atomic E-state index is 14.1. The Morgan fingerprint density at radius 3 is 2.62 bits per heavy atom. The predicted molar refractivity (Wildman–Crippen MR) is 150 cm³/mol. The Bertz CT molecular complexity index is 1480. The van der Waals surface area contributed by atoms with Crippen LogP contribution < -0.4 is 16.0 Å². The number of hydrogen-bond acceptors (Lipinski definition) is 7. The molecule has 0 amide bonds. The molecule has 1 saturated heterocycles. The molecule has 7 nitrogen and oxygen atoms in total. The number of pyridine rings is 2. The summed E-state index contributed by atoms with van der Waals surface area (Å²) < 4.78 is 28.2. The first kappa shape index (κ1) is 25.6. The molecule has 0 spiro atoms. The van der Waals surface area contributed by atoms with Crippen LogP contribution in [0.25, 0.3) is 22.3 Å². The molecule has 2 aliphatic rings. The first-order valence-corrected chi connectivity index (χ1v) is 13.6. The Hall–Kier alpha value is -3.72. The third-order valence-electron chi connectivity index (χ3n) is 8.15. The number of nitrogens with one attached hydrogen (secondary N) is 3. The second-order valence-electron chi connectivity index (χ2n) is 11.3. The van der Waals surface area contributed by atoms with Crippen molar-refractivity contribution < 1.29 is 8.78 Å². The Balaban J connectivity index is 1.37. The lowest BCUT2D eigenvalue weighted by Crippen LogP contribution is -2.49. The van der Waals surface area contributed by atoms with E-state index in [4.69, 9.17) is 9.97 Å². The van der Waals surface area contributed by atoms with E-state index in [1.165, 1.54) is 30.2 Å². The molecule has 0 bridgehead atoms. The summed E-state index contributed by atoms with van der Waals surface area (Å²) in [5.41, 5.74) is 2.79. The molecule has 4 heterocycles. The molecule has 6 rings (SSSR count). The fraction of sp³-hybridized carbons (Fsp3) is 0.400. The molecule has 1 unspecified atom stereocenters. The number of benzene rings is 1. The van der Waals surface area contributed by atoms with Gasteiger partial charge < -0.3 is 16.0 Å². The number of anilines is 2. The van der Waals surface area contributed by atoms with Crippen LogP contribution in [0.3, 0.4) is 0 Å². The largest absolute Gasteiger partial charge is 0.366 e. The quantitative estimate of drug-likeness (QED) is 0.269. The van der Waals surface area contributed by atoms with E-state index in [0.717, 1.165) is 54.6 Å². The zero-order valence-electron chi connectivity index (χ0n) is 22.3. The smallest absolute Gasteiger partial charge is 0.162 e. The summed E-state index contributed by atoms with van der Waals surface area (Å²) >= 11 is 0. The second-order valence-corrected chi connectivity index (χ2v) is 11.3. The maximum absolute atomic E-state index is 14.1. The van der Waals surface area contributed by atoms with Crippen molar-refractivity contribution in [1.82, 2.24) is 25.3 Å². The van der Waals surface area contributed by atoms with E-state index >= 15 is 0 Å². The highest BCUT2D eigenvalue weighted by Gasteiger charge is 2.33. The highest BCUT2D eigenvalue weighted by molar-refractivity contribution is 5.93. The molecule has 1 aliphatic heterocycles. The molecule has 3 N–H and O–H groups in total. The van der Waals surface area contributed by atoms with Gasteiger partial charge in [-0.3, -0.25) is 4.98 Å². The van der Waals surface area contributed by atoms with Crippen LogP contribution in [0.2, 0.25) is 0 Å². The van der Waals surface area contributed by atoms with E-state index in [1.807, 2.05) is 18.5 Å². The van der Waals surface area contributed by atoms with Gasteiger partial charge in [0.1, 0.15) is 23.3 Å². The summed E-state index contributed by atoms with van der Waals surface area (Å²) in [6, 6.07) is 7.75. The van der Waals surface area contributed by atoms with Crippen molar-refractivity contribution in [2.75, 3.05) is 23.7 Å². The van der Waals surface area contributed by atoms with Crippen molar-refractivity contribution >= 4 is 22.5 Å². The average molecular weight is 530 g/mol. The molecule has 1 aromatic carbocycles. The van der Waals surface area contributed by atoms with Crippen LogP contribution in [0.4, 0.5) is 20.4 Å². The van der Waals surface area contributed by atoms with Crippen LogP contribution >= 0.6 is 0 Å². The average Bonchev–Trinajstić information content (AvgIpc) is 2.89. The highest BCUT2D eigenvalue weighted by Crippen LogP contribution is 2.42. The van der Waals surface area contributed by atoms with Crippen molar-refractivity contribution in [2.45, 2.75) is 58.0 Å². The van der Waals surface area contributed by atoms with E-state index in [0.29, 0.717) is 17.6 Å². The number of hydrogen-bond donors (Lipinski definition) is 3. The molecule has 3 aromatic heterocycles. The Morgan fingerprint density at radius 1 is 1.05 bits per heavy atom. The van der Waals surface area contributed by atoms with Crippen molar-refractivity contribution in [3.63, 3.8) is 0 Å². The van der Waals surface area contributed by atoms with Crippen LogP contribution in [-0.4, -0.2) is 39.1 Å². The molecule has 1 saturated carbocycles. The van der Waals surface area contributed by atoms with Gasteiger partial charge in [0, 0.05) is 48.0 Å². The van der Waals surface area contributed by atoms with Gasteiger partial charge >= 0.3 is 0 Å². The minimum atomic E-state index is -0.595. The molecular formula is C30H33F2N7. The Morgan fingerprint density at radius 2 is 1.87 bits per heavy atom. The number of fused-ring (bicyclic) bond motifs is 1. The molecule has 0 radical (unpaired) electrons. The van der Waals surface area contributed by atoms with E-state index in [-0.39, 0.29) is 23.6 Å². The number of rotatable bonds is 7. The van der Waals surface area contributed by atoms with Crippen molar-refractivity contribution in [2.24, 2.45) is 5.41 Å². The molecule has 9 heteroatoms. The lowest BCUT2D eigenvalue weighted by Gasteiger charge is -2.40. The second kappa shape index (κ2) is 10.4. The lowest BCUT2D eigenvalue weighted by molar-refractivity contribution is 0.236. The van der Waals surface area contributed by atoms with Crippen molar-refractivity contribution in [3.05, 3.63) is 71.7 Å². The maximum Gasteiger partial charge on any atom is 0.162 e. The van der Waals surface area contributed by atoms with Crippen LogP contribution in [0.1, 0.15) is 56.6 Å². The summed E-state index contributed by atoms with van der Waals surface area (Å²) in [6.07, 6.45) is 9.97. The van der Waals surface area contributed by atoms with Gasteiger partial charge in [-0.2, -0.15) is 0 Å². The SMILES string of the molecule is CC1(C)CNCCC1Nc1nc(-c2ccnc(NCc3c(F)cccc3F)c2)nc2cncc(C3CCC3)c12. The lowest BCUT2D eigenvalue weighted by atomic mass is 9.78. The number of halogens is 2. The van der Waals surface area contributed by atoms with Gasteiger partial charge in [0.05, 0.1) is 11.7 Å². The van der Waals surface area contributed by atoms with Crippen LogP contribution in [0, 0.1) is 17.0 Å². The van der Waals surface area contributed by atoms with E-state index in [9.17, 15) is 8.78 Å². The van der Waals surface area contributed by atoms with E-state index in [2.05, 4.69) is 39.8 Å². The Labute approximate surface area is 226 Å². The van der Waals surface area contributed by atoms with E-state index in [1.54, 1.807) is 12.3 Å². The molecule has 1 atom stereocenters. The van der Waals surface area contributed by atoms with Gasteiger partial charge in [0.2, 0.25) is 0 Å². The first-order chi connectivity index (χ1) is 18.9. The van der Waals surface area contributed by atoms with Crippen molar-refractivity contribution in [1.29, 1.82) is 0 Å². The van der Waals surface area contributed by atoms with Gasteiger partial charge in [-0.15, -0.1) is 0 Å². The van der Waals surface area contributed by atoms with Gasteiger partial charge in [0.25, 0.3) is 0 Å². The van der Waals surface area contributed by atoms with Gasteiger partial charge in [-0.05, 0) is 67.0 Å². The summed E-state index contributed by atoms with van der Waals surface area (Å²) in [7, 11) is 0. The highest BCUT2D eigenvalue weighted by atomic mass is 19.1. The minimum absolute atomic E-state index is 0.0280. The topological polar surface area (TPSA) is 87.7 Å². The first-order valence-electron chi connectivity index (χ1n) is 13.6. The number of nitrogens with zero attached hydrogens (tertiary/aromatic N) is 4. The standard InChI is InChI=1S/C30H33F2N7/c1-30(2)17-33-11-10-25(30)38-29-27-20(18-5-3-6-18)14-34-16-24(27)37-28(39-29)19-9-12-35-26(13-19)36-15-21-22(31)7-4-8-23(21)32/h4,7-9,12-14,16,18,25,33H,3,5-6,10-11,15,17H2,1-2H3,(H,35,36)(H,37,38,39). The molecule has 202 valence electrons. The van der Waals surface area contributed by atoms with Gasteiger partial charge in [-0.1, -0.05) is 26.3 Å². The fourth-order valence-corrected chi connectivity index (χ4v) is 5.52. The van der Waals surface area contributed by atoms with E-state index < -0.39 is 11.6 Å². The monoisotopic (exact) mass is 529 g/mol. The van der Waals surface area contributed by atoms with Gasteiger partial charge in [-0.25, -0.2) is 23.7 Å². The molecule has 1 aliphatic carbocycles. The van der Waals surface area contributed by atoms with Crippen molar-refractivity contribution in [3.8, 4) is 11.4 Å².